The molecule has 0 unspecified atom stereocenters. The number of hydrogen-bond donors (Lipinski definition) is 1. The smallest absolute Gasteiger partial charge is 0.230 e. The summed E-state index contributed by atoms with van der Waals surface area (Å²) >= 11 is 1.42. The molecule has 27 heavy (non-hydrogen) atoms. The lowest BCUT2D eigenvalue weighted by Gasteiger charge is -2.30. The predicted octanol–water partition coefficient (Wildman–Crippen LogP) is 2.29. The number of nitrogens with zero attached hydrogens (tertiary/aromatic N) is 3. The molecular weight excluding hydrogens is 364 g/mol. The topological polar surface area (TPSA) is 74.8 Å². The molecule has 4 rings (SSSR count). The van der Waals surface area contributed by atoms with Crippen LogP contribution in [0.15, 0.2) is 29.6 Å². The Labute approximate surface area is 161 Å². The van der Waals surface area contributed by atoms with Gasteiger partial charge in [0.25, 0.3) is 0 Å². The largest absolute Gasteiger partial charge is 0.378 e. The van der Waals surface area contributed by atoms with Crippen LogP contribution >= 0.6 is 11.3 Å². The third-order valence-corrected chi connectivity index (χ3v) is 5.63. The van der Waals surface area contributed by atoms with Crippen LogP contribution in [0.2, 0.25) is 0 Å². The maximum atomic E-state index is 12.5. The monoisotopic (exact) mass is 386 g/mol. The normalized spacial score (nSPS) is 17.4. The molecular formula is C19H22N4O3S. The van der Waals surface area contributed by atoms with E-state index in [9.17, 15) is 9.59 Å². The second-order valence-corrected chi connectivity index (χ2v) is 7.45. The molecule has 2 aliphatic heterocycles. The predicted molar refractivity (Wildman–Crippen MR) is 106 cm³/mol. The van der Waals surface area contributed by atoms with Crippen molar-refractivity contribution in [1.29, 1.82) is 0 Å². The molecule has 1 aromatic heterocycles. The zero-order valence-electron chi connectivity index (χ0n) is 15.0. The Morgan fingerprint density at radius 1 is 1.22 bits per heavy atom. The molecule has 2 fully saturated rings. The zero-order chi connectivity index (χ0) is 18.6. The van der Waals surface area contributed by atoms with Crippen molar-refractivity contribution >= 4 is 39.7 Å². The Morgan fingerprint density at radius 2 is 2.04 bits per heavy atom. The van der Waals surface area contributed by atoms with E-state index < -0.39 is 0 Å². The molecule has 2 amide bonds. The molecule has 0 spiro atoms. The van der Waals surface area contributed by atoms with E-state index >= 15 is 0 Å². The molecule has 2 aromatic rings. The third-order valence-electron chi connectivity index (χ3n) is 4.72. The summed E-state index contributed by atoms with van der Waals surface area (Å²) in [7, 11) is 0. The Morgan fingerprint density at radius 3 is 2.81 bits per heavy atom. The molecule has 3 heterocycles. The highest BCUT2D eigenvalue weighted by atomic mass is 32.1. The van der Waals surface area contributed by atoms with Crippen molar-refractivity contribution in [1.82, 2.24) is 4.98 Å². The summed E-state index contributed by atoms with van der Waals surface area (Å²) in [6, 6.07) is 7.82. The Hall–Kier alpha value is -2.45. The number of rotatable bonds is 5. The molecule has 2 saturated heterocycles. The van der Waals surface area contributed by atoms with E-state index in [4.69, 9.17) is 4.74 Å². The van der Waals surface area contributed by atoms with Crippen molar-refractivity contribution in [3.05, 3.63) is 35.3 Å². The fourth-order valence-corrected chi connectivity index (χ4v) is 4.24. The number of anilines is 3. The third kappa shape index (κ3) is 4.12. The highest BCUT2D eigenvalue weighted by Crippen LogP contribution is 2.28. The first-order valence-electron chi connectivity index (χ1n) is 9.17. The van der Waals surface area contributed by atoms with E-state index in [-0.39, 0.29) is 18.2 Å². The highest BCUT2D eigenvalue weighted by Gasteiger charge is 2.24. The average Bonchev–Trinajstić information content (AvgIpc) is 3.31. The average molecular weight is 386 g/mol. The number of carbonyl (C=O) groups excluding carboxylic acids is 2. The molecule has 1 N–H and O–H groups in total. The molecule has 7 nitrogen and oxygen atoms in total. The number of thiazole rings is 1. The van der Waals surface area contributed by atoms with E-state index in [2.05, 4.69) is 15.2 Å². The minimum Gasteiger partial charge on any atom is -0.378 e. The van der Waals surface area contributed by atoms with Gasteiger partial charge in [0.05, 0.1) is 36.7 Å². The van der Waals surface area contributed by atoms with Crippen LogP contribution in [0.5, 0.6) is 0 Å². The van der Waals surface area contributed by atoms with Crippen LogP contribution in [-0.4, -0.2) is 49.6 Å². The van der Waals surface area contributed by atoms with Gasteiger partial charge in [-0.15, -0.1) is 11.3 Å². The number of hydrogen-bond acceptors (Lipinski definition) is 6. The van der Waals surface area contributed by atoms with Crippen LogP contribution in [0.25, 0.3) is 0 Å². The van der Waals surface area contributed by atoms with Gasteiger partial charge >= 0.3 is 0 Å². The second kappa shape index (κ2) is 8.06. The van der Waals surface area contributed by atoms with Gasteiger partial charge in [-0.3, -0.25) is 14.5 Å². The van der Waals surface area contributed by atoms with Gasteiger partial charge in [-0.2, -0.15) is 0 Å². The zero-order valence-corrected chi connectivity index (χ0v) is 15.8. The first kappa shape index (κ1) is 17.9. The number of nitrogens with one attached hydrogen (secondary N) is 1. The van der Waals surface area contributed by atoms with Crippen molar-refractivity contribution in [3.8, 4) is 0 Å². The van der Waals surface area contributed by atoms with Gasteiger partial charge in [0.1, 0.15) is 0 Å². The lowest BCUT2D eigenvalue weighted by molar-refractivity contribution is -0.117. The van der Waals surface area contributed by atoms with Crippen LogP contribution in [0.3, 0.4) is 0 Å². The first-order valence-corrected chi connectivity index (χ1v) is 10.0. The van der Waals surface area contributed by atoms with E-state index in [0.29, 0.717) is 37.0 Å². The molecule has 142 valence electrons. The fourth-order valence-electron chi connectivity index (χ4n) is 3.37. The van der Waals surface area contributed by atoms with Crippen LogP contribution in [0.1, 0.15) is 18.5 Å². The number of aromatic nitrogens is 1. The molecule has 8 heteroatoms. The summed E-state index contributed by atoms with van der Waals surface area (Å²) in [4.78, 5) is 32.8. The summed E-state index contributed by atoms with van der Waals surface area (Å²) in [5, 5.41) is 5.55. The standard InChI is InChI=1S/C19H22N4O3S/c24-17(12-14-13-27-19(20-14)23-7-3-6-18(23)25)21-15-4-1-2-5-16(15)22-8-10-26-11-9-22/h1-2,4-5,13H,3,6-12H2,(H,21,24). The van der Waals surface area contributed by atoms with Crippen LogP contribution in [-0.2, 0) is 20.7 Å². The van der Waals surface area contributed by atoms with Gasteiger partial charge in [0, 0.05) is 31.4 Å². The number of ether oxygens (including phenoxy) is 1. The van der Waals surface area contributed by atoms with Crippen molar-refractivity contribution in [3.63, 3.8) is 0 Å². The van der Waals surface area contributed by atoms with Crippen molar-refractivity contribution in [2.45, 2.75) is 19.3 Å². The van der Waals surface area contributed by atoms with Gasteiger partial charge < -0.3 is 15.0 Å². The molecule has 2 aliphatic rings. The van der Waals surface area contributed by atoms with E-state index in [1.54, 1.807) is 4.90 Å². The van der Waals surface area contributed by atoms with Crippen molar-refractivity contribution in [2.24, 2.45) is 0 Å². The SMILES string of the molecule is O=C(Cc1csc(N2CCCC2=O)n1)Nc1ccccc1N1CCOCC1. The minimum absolute atomic E-state index is 0.111. The van der Waals surface area contributed by atoms with Gasteiger partial charge in [-0.05, 0) is 18.6 Å². The molecule has 0 saturated carbocycles. The van der Waals surface area contributed by atoms with Crippen molar-refractivity contribution in [2.75, 3.05) is 48.0 Å². The highest BCUT2D eigenvalue weighted by molar-refractivity contribution is 7.14. The molecule has 0 bridgehead atoms. The van der Waals surface area contributed by atoms with E-state index in [1.807, 2.05) is 29.6 Å². The quantitative estimate of drug-likeness (QED) is 0.853. The second-order valence-electron chi connectivity index (χ2n) is 6.61. The summed E-state index contributed by atoms with van der Waals surface area (Å²) < 4.78 is 5.41. The number of carbonyl (C=O) groups is 2. The summed E-state index contributed by atoms with van der Waals surface area (Å²) in [6.45, 7) is 3.72. The Bertz CT molecular complexity index is 832. The summed E-state index contributed by atoms with van der Waals surface area (Å²) in [6.07, 6.45) is 1.64. The number of morpholine rings is 1. The van der Waals surface area contributed by atoms with Gasteiger partial charge in [0.15, 0.2) is 5.13 Å². The number of amides is 2. The molecule has 0 radical (unpaired) electrons. The fraction of sp³-hybridized carbons (Fsp3) is 0.421. The molecule has 1 aromatic carbocycles. The summed E-state index contributed by atoms with van der Waals surface area (Å²) in [5.41, 5.74) is 2.50. The van der Waals surface area contributed by atoms with Gasteiger partial charge in [-0.25, -0.2) is 4.98 Å². The van der Waals surface area contributed by atoms with Crippen LogP contribution in [0.4, 0.5) is 16.5 Å². The van der Waals surface area contributed by atoms with E-state index in [0.717, 1.165) is 30.9 Å². The number of para-hydroxylation sites is 2. The molecule has 0 atom stereocenters. The minimum atomic E-state index is -0.111. The van der Waals surface area contributed by atoms with Crippen LogP contribution in [0, 0.1) is 0 Å². The Kier molecular flexibility index (Phi) is 5.35. The number of benzene rings is 1. The van der Waals surface area contributed by atoms with E-state index in [1.165, 1.54) is 11.3 Å². The maximum Gasteiger partial charge on any atom is 0.230 e. The molecule has 0 aliphatic carbocycles. The van der Waals surface area contributed by atoms with Crippen molar-refractivity contribution < 1.29 is 14.3 Å². The van der Waals surface area contributed by atoms with Gasteiger partial charge in [-0.1, -0.05) is 12.1 Å². The van der Waals surface area contributed by atoms with Gasteiger partial charge in [0.2, 0.25) is 11.8 Å². The lowest BCUT2D eigenvalue weighted by atomic mass is 10.2. The lowest BCUT2D eigenvalue weighted by Crippen LogP contribution is -2.36. The summed E-state index contributed by atoms with van der Waals surface area (Å²) in [5.74, 6) is 0.0000907. The first-order chi connectivity index (χ1) is 13.2. The van der Waals surface area contributed by atoms with Crippen LogP contribution < -0.4 is 15.1 Å². The maximum absolute atomic E-state index is 12.5. The Balaban J connectivity index is 1.41.